The van der Waals surface area contributed by atoms with E-state index in [1.165, 1.54) is 0 Å². The van der Waals surface area contributed by atoms with Gasteiger partial charge in [-0.1, -0.05) is 39.4 Å². The third-order valence-corrected chi connectivity index (χ3v) is 4.01. The molecule has 0 aromatic heterocycles. The number of hydrogen-bond donors (Lipinski definition) is 1. The maximum atomic E-state index is 5.87. The highest BCUT2D eigenvalue weighted by Crippen LogP contribution is 2.11. The lowest BCUT2D eigenvalue weighted by atomic mass is 10.1. The van der Waals surface area contributed by atoms with Crippen molar-refractivity contribution >= 4 is 17.2 Å². The fourth-order valence-corrected chi connectivity index (χ4v) is 2.86. The van der Waals surface area contributed by atoms with Gasteiger partial charge in [0.05, 0.1) is 17.6 Å². The minimum absolute atomic E-state index is 0.286. The van der Waals surface area contributed by atoms with E-state index < -0.39 is 0 Å². The SMILES string of the molecule is CCCC(C(N)=S)N1CCN(CCOCC(C)C)CC1. The summed E-state index contributed by atoms with van der Waals surface area (Å²) in [5.74, 6) is 0.618. The summed E-state index contributed by atoms with van der Waals surface area (Å²) in [6.07, 6.45) is 2.21. The molecule has 0 aliphatic carbocycles. The van der Waals surface area contributed by atoms with Gasteiger partial charge in [-0.15, -0.1) is 0 Å². The molecule has 1 heterocycles. The molecule has 118 valence electrons. The lowest BCUT2D eigenvalue weighted by molar-refractivity contribution is 0.0597. The molecule has 1 aliphatic heterocycles. The predicted molar refractivity (Wildman–Crippen MR) is 89.2 cm³/mol. The van der Waals surface area contributed by atoms with Gasteiger partial charge in [0.1, 0.15) is 0 Å². The second kappa shape index (κ2) is 9.66. The van der Waals surface area contributed by atoms with Crippen LogP contribution in [0.5, 0.6) is 0 Å². The zero-order valence-electron chi connectivity index (χ0n) is 13.3. The van der Waals surface area contributed by atoms with Gasteiger partial charge in [-0.2, -0.15) is 0 Å². The van der Waals surface area contributed by atoms with Crippen molar-refractivity contribution in [2.45, 2.75) is 39.7 Å². The van der Waals surface area contributed by atoms with E-state index in [0.717, 1.165) is 58.8 Å². The van der Waals surface area contributed by atoms with Gasteiger partial charge < -0.3 is 10.5 Å². The maximum Gasteiger partial charge on any atom is 0.0902 e. The van der Waals surface area contributed by atoms with E-state index in [0.29, 0.717) is 10.9 Å². The van der Waals surface area contributed by atoms with E-state index in [2.05, 4.69) is 30.6 Å². The first kappa shape index (κ1) is 17.8. The molecule has 1 atom stereocenters. The molecular weight excluding hydrogens is 270 g/mol. The molecule has 0 aromatic carbocycles. The number of ether oxygens (including phenoxy) is 1. The zero-order chi connectivity index (χ0) is 15.0. The van der Waals surface area contributed by atoms with Crippen LogP contribution in [0.1, 0.15) is 33.6 Å². The van der Waals surface area contributed by atoms with Crippen molar-refractivity contribution in [2.75, 3.05) is 45.9 Å². The third kappa shape index (κ3) is 6.48. The van der Waals surface area contributed by atoms with Crippen molar-refractivity contribution in [3.8, 4) is 0 Å². The molecule has 1 saturated heterocycles. The van der Waals surface area contributed by atoms with E-state index in [4.69, 9.17) is 22.7 Å². The number of rotatable bonds is 9. The smallest absolute Gasteiger partial charge is 0.0902 e. The number of nitrogens with zero attached hydrogens (tertiary/aromatic N) is 2. The van der Waals surface area contributed by atoms with Crippen LogP contribution in [0.15, 0.2) is 0 Å². The van der Waals surface area contributed by atoms with Crippen LogP contribution in [0.3, 0.4) is 0 Å². The van der Waals surface area contributed by atoms with E-state index in [9.17, 15) is 0 Å². The first-order chi connectivity index (χ1) is 9.54. The molecule has 20 heavy (non-hydrogen) atoms. The van der Waals surface area contributed by atoms with Crippen LogP contribution in [0, 0.1) is 5.92 Å². The predicted octanol–water partition coefficient (Wildman–Crippen LogP) is 1.73. The van der Waals surface area contributed by atoms with Gasteiger partial charge in [0, 0.05) is 39.3 Å². The van der Waals surface area contributed by atoms with Crippen molar-refractivity contribution in [3.63, 3.8) is 0 Å². The summed E-state index contributed by atoms with van der Waals surface area (Å²) in [6.45, 7) is 13.6. The van der Waals surface area contributed by atoms with Crippen LogP contribution in [-0.2, 0) is 4.74 Å². The normalized spacial score (nSPS) is 19.4. The standard InChI is InChI=1S/C15H31N3OS/c1-4-5-14(15(16)20)18-8-6-17(7-9-18)10-11-19-12-13(2)3/h13-14H,4-12H2,1-3H3,(H2,16,20). The Morgan fingerprint density at radius 1 is 1.25 bits per heavy atom. The molecule has 0 amide bonds. The molecule has 1 unspecified atom stereocenters. The number of thiocarbonyl (C=S) groups is 1. The summed E-state index contributed by atoms with van der Waals surface area (Å²) in [6, 6.07) is 0.286. The molecule has 0 spiro atoms. The molecule has 1 fully saturated rings. The molecule has 0 saturated carbocycles. The quantitative estimate of drug-likeness (QED) is 0.519. The lowest BCUT2D eigenvalue weighted by Gasteiger charge is -2.38. The van der Waals surface area contributed by atoms with E-state index >= 15 is 0 Å². The minimum atomic E-state index is 0.286. The van der Waals surface area contributed by atoms with E-state index in [1.54, 1.807) is 0 Å². The number of hydrogen-bond acceptors (Lipinski definition) is 4. The Balaban J connectivity index is 2.23. The molecular formula is C15H31N3OS. The second-order valence-electron chi connectivity index (χ2n) is 6.05. The van der Waals surface area contributed by atoms with E-state index in [-0.39, 0.29) is 6.04 Å². The number of piperazine rings is 1. The van der Waals surface area contributed by atoms with Gasteiger partial charge in [0.25, 0.3) is 0 Å². The molecule has 1 rings (SSSR count). The van der Waals surface area contributed by atoms with E-state index in [1.807, 2.05) is 0 Å². The van der Waals surface area contributed by atoms with Crippen LogP contribution in [0.4, 0.5) is 0 Å². The van der Waals surface area contributed by atoms with Crippen molar-refractivity contribution in [3.05, 3.63) is 0 Å². The van der Waals surface area contributed by atoms with Gasteiger partial charge in [-0.3, -0.25) is 9.80 Å². The Kier molecular flexibility index (Phi) is 8.61. The summed E-state index contributed by atoms with van der Waals surface area (Å²) in [4.78, 5) is 5.57. The van der Waals surface area contributed by atoms with Crippen molar-refractivity contribution in [2.24, 2.45) is 11.7 Å². The highest BCUT2D eigenvalue weighted by Gasteiger charge is 2.24. The molecule has 0 radical (unpaired) electrons. The van der Waals surface area contributed by atoms with Gasteiger partial charge in [-0.25, -0.2) is 0 Å². The maximum absolute atomic E-state index is 5.87. The van der Waals surface area contributed by atoms with Crippen LogP contribution in [0.25, 0.3) is 0 Å². The first-order valence-corrected chi connectivity index (χ1v) is 8.28. The molecule has 0 bridgehead atoms. The minimum Gasteiger partial charge on any atom is -0.392 e. The highest BCUT2D eigenvalue weighted by atomic mass is 32.1. The van der Waals surface area contributed by atoms with Gasteiger partial charge >= 0.3 is 0 Å². The Morgan fingerprint density at radius 3 is 2.40 bits per heavy atom. The van der Waals surface area contributed by atoms with Gasteiger partial charge in [-0.05, 0) is 12.3 Å². The summed E-state index contributed by atoms with van der Waals surface area (Å²) in [7, 11) is 0. The largest absolute Gasteiger partial charge is 0.392 e. The van der Waals surface area contributed by atoms with Crippen molar-refractivity contribution < 1.29 is 4.74 Å². The van der Waals surface area contributed by atoms with Crippen molar-refractivity contribution in [1.82, 2.24) is 9.80 Å². The Morgan fingerprint density at radius 2 is 1.90 bits per heavy atom. The van der Waals surface area contributed by atoms with Crippen LogP contribution in [0.2, 0.25) is 0 Å². The molecule has 1 aliphatic rings. The first-order valence-electron chi connectivity index (χ1n) is 7.88. The monoisotopic (exact) mass is 301 g/mol. The van der Waals surface area contributed by atoms with Gasteiger partial charge in [0.15, 0.2) is 0 Å². The molecule has 0 aromatic rings. The van der Waals surface area contributed by atoms with Crippen LogP contribution >= 0.6 is 12.2 Å². The number of nitrogens with two attached hydrogens (primary N) is 1. The molecule has 5 heteroatoms. The molecule has 2 N–H and O–H groups in total. The Labute approximate surface area is 129 Å². The Hall–Kier alpha value is -0.230. The second-order valence-corrected chi connectivity index (χ2v) is 6.52. The average Bonchev–Trinajstić information content (AvgIpc) is 2.41. The third-order valence-electron chi connectivity index (χ3n) is 3.74. The summed E-state index contributed by atoms with van der Waals surface area (Å²) in [5, 5.41) is 0. The zero-order valence-corrected chi connectivity index (χ0v) is 14.1. The fraction of sp³-hybridized carbons (Fsp3) is 0.933. The highest BCUT2D eigenvalue weighted by molar-refractivity contribution is 7.80. The summed E-state index contributed by atoms with van der Waals surface area (Å²) in [5.41, 5.74) is 5.87. The van der Waals surface area contributed by atoms with Gasteiger partial charge in [0.2, 0.25) is 0 Å². The fourth-order valence-electron chi connectivity index (χ4n) is 2.59. The average molecular weight is 302 g/mol. The summed E-state index contributed by atoms with van der Waals surface area (Å²) < 4.78 is 5.65. The van der Waals surface area contributed by atoms with Crippen molar-refractivity contribution in [1.29, 1.82) is 0 Å². The Bertz CT molecular complexity index is 278. The summed E-state index contributed by atoms with van der Waals surface area (Å²) >= 11 is 5.21. The molecule has 4 nitrogen and oxygen atoms in total. The topological polar surface area (TPSA) is 41.7 Å². The lowest BCUT2D eigenvalue weighted by Crippen LogP contribution is -2.54. The van der Waals surface area contributed by atoms with Crippen LogP contribution in [-0.4, -0.2) is 66.8 Å². The van der Waals surface area contributed by atoms with Crippen LogP contribution < -0.4 is 5.73 Å².